The summed E-state index contributed by atoms with van der Waals surface area (Å²) < 4.78 is 201. The Bertz CT molecular complexity index is 1800. The Balaban J connectivity index is 2.36. The molecular weight excluding hydrogens is 644 g/mol. The van der Waals surface area contributed by atoms with Crippen molar-refractivity contribution in [3.63, 3.8) is 0 Å². The van der Waals surface area contributed by atoms with Crippen LogP contribution < -0.4 is 0 Å². The second-order valence-corrected chi connectivity index (χ2v) is 8.73. The van der Waals surface area contributed by atoms with Crippen molar-refractivity contribution < 1.29 is 61.5 Å². The summed E-state index contributed by atoms with van der Waals surface area (Å²) in [5.41, 5.74) is -17.2. The summed E-state index contributed by atoms with van der Waals surface area (Å²) in [6, 6.07) is 2.78. The molecule has 0 saturated heterocycles. The molecule has 0 unspecified atom stereocenters. The van der Waals surface area contributed by atoms with E-state index in [1.54, 1.807) is 0 Å². The molecule has 1 aliphatic rings. The largest absolute Gasteiger partial charge is 0.203 e. The van der Waals surface area contributed by atoms with Crippen LogP contribution in [0, 0.1) is 122 Å². The van der Waals surface area contributed by atoms with E-state index in [1.807, 2.05) is 0 Å². The van der Waals surface area contributed by atoms with Gasteiger partial charge in [0.2, 0.25) is 11.6 Å². The van der Waals surface area contributed by atoms with Gasteiger partial charge in [0.1, 0.15) is 18.2 Å². The van der Waals surface area contributed by atoms with E-state index in [-0.39, 0.29) is 0 Å². The summed E-state index contributed by atoms with van der Waals surface area (Å²) in [4.78, 5) is 0. The molecular formula is C28H3F14N3. The molecule has 0 heterocycles. The monoisotopic (exact) mass is 647 g/mol. The smallest absolute Gasteiger partial charge is 0.200 e. The minimum Gasteiger partial charge on any atom is -0.203 e. The first-order chi connectivity index (χ1) is 21.0. The molecule has 4 rings (SSSR count). The van der Waals surface area contributed by atoms with Gasteiger partial charge in [0.15, 0.2) is 69.8 Å². The van der Waals surface area contributed by atoms with Gasteiger partial charge in [-0.3, -0.25) is 0 Å². The third-order valence-corrected chi connectivity index (χ3v) is 6.43. The molecule has 0 radical (unpaired) electrons. The van der Waals surface area contributed by atoms with Crippen LogP contribution in [0.5, 0.6) is 0 Å². The first-order valence-corrected chi connectivity index (χ1v) is 11.3. The van der Waals surface area contributed by atoms with Gasteiger partial charge in [0.25, 0.3) is 0 Å². The summed E-state index contributed by atoms with van der Waals surface area (Å²) in [7, 11) is 0. The fourth-order valence-corrected chi connectivity index (χ4v) is 4.26. The SMILES string of the molecule is Cc1c(F)c(F)c(C(C#N)=C2C(=C(/C#N)c3c(F)c(F)c(F)c(F)c3F)/C2=C(/C#N)c2c(F)c(F)c(F)c(F)c2F)c(F)c1F. The molecule has 0 amide bonds. The van der Waals surface area contributed by atoms with Crippen molar-refractivity contribution in [2.24, 2.45) is 0 Å². The zero-order valence-corrected chi connectivity index (χ0v) is 21.1. The van der Waals surface area contributed by atoms with Gasteiger partial charge in [-0.15, -0.1) is 0 Å². The van der Waals surface area contributed by atoms with Gasteiger partial charge >= 0.3 is 0 Å². The summed E-state index contributed by atoms with van der Waals surface area (Å²) >= 11 is 0. The van der Waals surface area contributed by atoms with Crippen LogP contribution in [-0.2, 0) is 0 Å². The Morgan fingerprint density at radius 1 is 0.333 bits per heavy atom. The fraction of sp³-hybridized carbons (Fsp3) is 0.0357. The maximum absolute atomic E-state index is 14.9. The highest BCUT2D eigenvalue weighted by molar-refractivity contribution is 6.12. The summed E-state index contributed by atoms with van der Waals surface area (Å²) in [6.45, 7) is 0.529. The van der Waals surface area contributed by atoms with Gasteiger partial charge in [-0.05, 0) is 6.92 Å². The van der Waals surface area contributed by atoms with Gasteiger partial charge in [-0.1, -0.05) is 0 Å². The first kappa shape index (κ1) is 32.3. The van der Waals surface area contributed by atoms with E-state index in [4.69, 9.17) is 0 Å². The lowest BCUT2D eigenvalue weighted by molar-refractivity contribution is 0.376. The Morgan fingerprint density at radius 2 is 0.511 bits per heavy atom. The molecule has 1 saturated carbocycles. The molecule has 0 aliphatic heterocycles. The third kappa shape index (κ3) is 4.49. The lowest BCUT2D eigenvalue weighted by Gasteiger charge is -2.09. The Morgan fingerprint density at radius 3 is 0.711 bits per heavy atom. The van der Waals surface area contributed by atoms with Crippen LogP contribution in [0.25, 0.3) is 16.7 Å². The van der Waals surface area contributed by atoms with Crippen LogP contribution >= 0.6 is 0 Å². The lowest BCUT2D eigenvalue weighted by atomic mass is 9.99. The van der Waals surface area contributed by atoms with Crippen LogP contribution in [-0.4, -0.2) is 0 Å². The van der Waals surface area contributed by atoms with Crippen LogP contribution in [0.3, 0.4) is 0 Å². The van der Waals surface area contributed by atoms with Crippen molar-refractivity contribution in [3.05, 3.63) is 120 Å². The second-order valence-electron chi connectivity index (χ2n) is 8.73. The standard InChI is InChI=1S/C28H3F14N3/c1-5-15(29)17(31)12(18(32)16(5)30)6(2-43)9-10(7(3-44)13-19(33)23(37)27(41)24(38)20(13)34)11(9)8(4-45)14-21(35)25(39)28(42)26(40)22(14)36/h1H3/b9-6?,10-7-,11-8+. The topological polar surface area (TPSA) is 71.4 Å². The maximum atomic E-state index is 14.9. The second kappa shape index (κ2) is 11.1. The molecule has 17 heteroatoms. The Kier molecular flexibility index (Phi) is 7.99. The molecule has 3 nitrogen and oxygen atoms in total. The predicted molar refractivity (Wildman–Crippen MR) is 121 cm³/mol. The average molecular weight is 647 g/mol. The number of halogens is 14. The van der Waals surface area contributed by atoms with E-state index in [0.717, 1.165) is 18.2 Å². The van der Waals surface area contributed by atoms with Crippen molar-refractivity contribution in [1.29, 1.82) is 15.8 Å². The molecule has 0 atom stereocenters. The molecule has 0 bridgehead atoms. The molecule has 3 aromatic carbocycles. The molecule has 0 N–H and O–H groups in total. The molecule has 0 aromatic heterocycles. The number of hydrogen-bond donors (Lipinski definition) is 0. The zero-order valence-electron chi connectivity index (χ0n) is 21.1. The minimum atomic E-state index is -2.77. The van der Waals surface area contributed by atoms with E-state index in [1.165, 1.54) is 0 Å². The molecule has 3 aromatic rings. The number of nitriles is 3. The highest BCUT2D eigenvalue weighted by Crippen LogP contribution is 2.57. The van der Waals surface area contributed by atoms with Crippen molar-refractivity contribution in [2.75, 3.05) is 0 Å². The van der Waals surface area contributed by atoms with E-state index >= 15 is 0 Å². The summed E-state index contributed by atoms with van der Waals surface area (Å²) in [5.74, 6) is -36.3. The van der Waals surface area contributed by atoms with Gasteiger partial charge in [0, 0.05) is 22.3 Å². The van der Waals surface area contributed by atoms with E-state index < -0.39 is 137 Å². The van der Waals surface area contributed by atoms with Crippen molar-refractivity contribution in [1.82, 2.24) is 0 Å². The van der Waals surface area contributed by atoms with Crippen molar-refractivity contribution in [2.45, 2.75) is 6.92 Å². The normalized spacial score (nSPS) is 15.7. The quantitative estimate of drug-likeness (QED) is 0.125. The molecule has 1 fully saturated rings. The third-order valence-electron chi connectivity index (χ3n) is 6.43. The highest BCUT2D eigenvalue weighted by atomic mass is 19.2. The van der Waals surface area contributed by atoms with Crippen molar-refractivity contribution in [3.8, 4) is 18.2 Å². The number of nitrogens with zero attached hydrogens (tertiary/aromatic N) is 3. The first-order valence-electron chi connectivity index (χ1n) is 11.3. The zero-order chi connectivity index (χ0) is 34.0. The Labute approximate surface area is 240 Å². The van der Waals surface area contributed by atoms with Crippen LogP contribution in [0.15, 0.2) is 16.7 Å². The van der Waals surface area contributed by atoms with Gasteiger partial charge in [-0.2, -0.15) is 15.8 Å². The van der Waals surface area contributed by atoms with Gasteiger partial charge < -0.3 is 0 Å². The maximum Gasteiger partial charge on any atom is 0.200 e. The molecule has 1 aliphatic carbocycles. The molecule has 45 heavy (non-hydrogen) atoms. The van der Waals surface area contributed by atoms with Crippen LogP contribution in [0.4, 0.5) is 61.5 Å². The fourth-order valence-electron chi connectivity index (χ4n) is 4.26. The van der Waals surface area contributed by atoms with Gasteiger partial charge in [-0.25, -0.2) is 61.5 Å². The Hall–Kier alpha value is -5.63. The molecule has 228 valence electrons. The molecule has 0 spiro atoms. The number of allylic oxidation sites excluding steroid dienone is 6. The lowest BCUT2D eigenvalue weighted by Crippen LogP contribution is -2.07. The highest BCUT2D eigenvalue weighted by Gasteiger charge is 2.46. The average Bonchev–Trinajstić information content (AvgIpc) is 3.74. The van der Waals surface area contributed by atoms with Crippen LogP contribution in [0.1, 0.15) is 22.3 Å². The van der Waals surface area contributed by atoms with Gasteiger partial charge in [0.05, 0.1) is 33.4 Å². The van der Waals surface area contributed by atoms with Crippen LogP contribution in [0.2, 0.25) is 0 Å². The van der Waals surface area contributed by atoms with E-state index in [0.29, 0.717) is 6.92 Å². The number of rotatable bonds is 3. The number of benzene rings is 3. The number of hydrogen-bond acceptors (Lipinski definition) is 3. The van der Waals surface area contributed by atoms with E-state index in [2.05, 4.69) is 0 Å². The minimum absolute atomic E-state index is 0.529. The van der Waals surface area contributed by atoms with Crippen molar-refractivity contribution >= 4 is 16.7 Å². The predicted octanol–water partition coefficient (Wildman–Crippen LogP) is 8.19. The summed E-state index contributed by atoms with van der Waals surface area (Å²) in [5, 5.41) is 29.0. The van der Waals surface area contributed by atoms with E-state index in [9.17, 15) is 77.3 Å². The summed E-state index contributed by atoms with van der Waals surface area (Å²) in [6.07, 6.45) is 0.